The zero-order valence-corrected chi connectivity index (χ0v) is 19.1. The SMILES string of the molecule is CC(=O)NC(C(CCCOCCOc1ccccc1)OC(C)=O)C(OC(C)=O)C(C)C. The van der Waals surface area contributed by atoms with Gasteiger partial charge in [-0.2, -0.15) is 0 Å². The smallest absolute Gasteiger partial charge is 0.302 e. The fourth-order valence-electron chi connectivity index (χ4n) is 3.19. The van der Waals surface area contributed by atoms with Gasteiger partial charge in [0, 0.05) is 27.4 Å². The number of carbonyl (C=O) groups is 3. The number of nitrogens with one attached hydrogen (secondary N) is 1. The molecule has 0 heterocycles. The lowest BCUT2D eigenvalue weighted by Gasteiger charge is -2.35. The summed E-state index contributed by atoms with van der Waals surface area (Å²) in [5.74, 6) is -0.538. The van der Waals surface area contributed by atoms with Crippen molar-refractivity contribution in [3.8, 4) is 5.75 Å². The number of esters is 2. The van der Waals surface area contributed by atoms with Crippen molar-refractivity contribution in [1.29, 1.82) is 0 Å². The maximum atomic E-state index is 11.8. The van der Waals surface area contributed by atoms with Crippen LogP contribution in [0.1, 0.15) is 47.5 Å². The zero-order chi connectivity index (χ0) is 23.2. The van der Waals surface area contributed by atoms with Crippen LogP contribution in [0.25, 0.3) is 0 Å². The van der Waals surface area contributed by atoms with E-state index in [0.29, 0.717) is 32.7 Å². The highest BCUT2D eigenvalue weighted by Gasteiger charge is 2.36. The Balaban J connectivity index is 2.62. The molecule has 0 saturated carbocycles. The van der Waals surface area contributed by atoms with E-state index in [1.807, 2.05) is 44.2 Å². The maximum Gasteiger partial charge on any atom is 0.302 e. The van der Waals surface area contributed by atoms with E-state index in [4.69, 9.17) is 18.9 Å². The molecule has 1 N–H and O–H groups in total. The number of benzene rings is 1. The van der Waals surface area contributed by atoms with Gasteiger partial charge in [-0.25, -0.2) is 0 Å². The van der Waals surface area contributed by atoms with Crippen molar-refractivity contribution in [2.75, 3.05) is 19.8 Å². The highest BCUT2D eigenvalue weighted by Crippen LogP contribution is 2.20. The summed E-state index contributed by atoms with van der Waals surface area (Å²) in [6.07, 6.45) is -0.262. The van der Waals surface area contributed by atoms with Gasteiger partial charge >= 0.3 is 11.9 Å². The van der Waals surface area contributed by atoms with E-state index >= 15 is 0 Å². The molecular formula is C23H35NO7. The first-order valence-electron chi connectivity index (χ1n) is 10.6. The van der Waals surface area contributed by atoms with E-state index in [0.717, 1.165) is 5.75 Å². The minimum atomic E-state index is -0.660. The van der Waals surface area contributed by atoms with Crippen LogP contribution in [-0.2, 0) is 28.6 Å². The molecule has 1 aromatic rings. The molecular weight excluding hydrogens is 402 g/mol. The fraction of sp³-hybridized carbons (Fsp3) is 0.609. The second-order valence-corrected chi connectivity index (χ2v) is 7.61. The quantitative estimate of drug-likeness (QED) is 0.353. The van der Waals surface area contributed by atoms with E-state index in [2.05, 4.69) is 5.32 Å². The first-order valence-corrected chi connectivity index (χ1v) is 10.6. The Morgan fingerprint density at radius 2 is 1.55 bits per heavy atom. The molecule has 0 aromatic heterocycles. The highest BCUT2D eigenvalue weighted by molar-refractivity contribution is 5.73. The van der Waals surface area contributed by atoms with E-state index < -0.39 is 30.2 Å². The molecule has 0 aliphatic carbocycles. The van der Waals surface area contributed by atoms with Gasteiger partial charge in [-0.3, -0.25) is 14.4 Å². The number of ether oxygens (including phenoxy) is 4. The summed E-state index contributed by atoms with van der Waals surface area (Å²) in [6, 6.07) is 8.81. The van der Waals surface area contributed by atoms with E-state index in [9.17, 15) is 14.4 Å². The van der Waals surface area contributed by atoms with E-state index in [-0.39, 0.29) is 11.8 Å². The lowest BCUT2D eigenvalue weighted by Crippen LogP contribution is -2.54. The second-order valence-electron chi connectivity index (χ2n) is 7.61. The van der Waals surface area contributed by atoms with Crippen LogP contribution in [0.5, 0.6) is 5.75 Å². The van der Waals surface area contributed by atoms with Gasteiger partial charge < -0.3 is 24.3 Å². The number of amides is 1. The van der Waals surface area contributed by atoms with Crippen molar-refractivity contribution >= 4 is 17.8 Å². The molecule has 0 fully saturated rings. The van der Waals surface area contributed by atoms with Crippen molar-refractivity contribution in [2.45, 2.75) is 65.7 Å². The third-order valence-electron chi connectivity index (χ3n) is 4.42. The predicted octanol–water partition coefficient (Wildman–Crippen LogP) is 2.89. The Labute approximate surface area is 184 Å². The van der Waals surface area contributed by atoms with Crippen LogP contribution in [0.15, 0.2) is 30.3 Å². The topological polar surface area (TPSA) is 100 Å². The Hall–Kier alpha value is -2.61. The maximum absolute atomic E-state index is 11.8. The number of para-hydroxylation sites is 1. The first kappa shape index (κ1) is 26.4. The van der Waals surface area contributed by atoms with Crippen molar-refractivity contribution in [3.63, 3.8) is 0 Å². The highest BCUT2D eigenvalue weighted by atomic mass is 16.6. The average molecular weight is 438 g/mol. The van der Waals surface area contributed by atoms with Gasteiger partial charge in [0.25, 0.3) is 0 Å². The molecule has 1 aromatic carbocycles. The molecule has 3 atom stereocenters. The molecule has 3 unspecified atom stereocenters. The monoisotopic (exact) mass is 437 g/mol. The van der Waals surface area contributed by atoms with Gasteiger partial charge in [0.15, 0.2) is 0 Å². The largest absolute Gasteiger partial charge is 0.491 e. The Kier molecular flexibility index (Phi) is 12.3. The van der Waals surface area contributed by atoms with Crippen molar-refractivity contribution in [2.24, 2.45) is 5.92 Å². The summed E-state index contributed by atoms with van der Waals surface area (Å²) >= 11 is 0. The summed E-state index contributed by atoms with van der Waals surface area (Å²) in [4.78, 5) is 35.1. The van der Waals surface area contributed by atoms with Crippen LogP contribution >= 0.6 is 0 Å². The lowest BCUT2D eigenvalue weighted by atomic mass is 9.92. The molecule has 8 heteroatoms. The van der Waals surface area contributed by atoms with Gasteiger partial charge in [-0.05, 0) is 30.9 Å². The molecule has 1 amide bonds. The normalized spacial score (nSPS) is 13.7. The number of hydrogen-bond acceptors (Lipinski definition) is 7. The minimum absolute atomic E-state index is 0.0924. The molecule has 31 heavy (non-hydrogen) atoms. The van der Waals surface area contributed by atoms with Gasteiger partial charge in [0.05, 0.1) is 6.61 Å². The number of hydrogen-bond donors (Lipinski definition) is 1. The van der Waals surface area contributed by atoms with Crippen molar-refractivity contribution in [1.82, 2.24) is 5.32 Å². The summed E-state index contributed by atoms with van der Waals surface area (Å²) in [6.45, 7) is 9.03. The first-order chi connectivity index (χ1) is 14.7. The number of carbonyl (C=O) groups excluding carboxylic acids is 3. The third-order valence-corrected chi connectivity index (χ3v) is 4.42. The second kappa shape index (κ2) is 14.4. The summed E-state index contributed by atoms with van der Waals surface area (Å²) in [7, 11) is 0. The molecule has 8 nitrogen and oxygen atoms in total. The fourth-order valence-corrected chi connectivity index (χ4v) is 3.19. The van der Waals surface area contributed by atoms with Crippen LogP contribution in [0.3, 0.4) is 0 Å². The summed E-state index contributed by atoms with van der Waals surface area (Å²) < 4.78 is 22.1. The zero-order valence-electron chi connectivity index (χ0n) is 19.1. The van der Waals surface area contributed by atoms with Crippen LogP contribution < -0.4 is 10.1 Å². The summed E-state index contributed by atoms with van der Waals surface area (Å²) in [5.41, 5.74) is 0. The molecule has 0 bridgehead atoms. The molecule has 0 aliphatic rings. The molecule has 0 spiro atoms. The minimum Gasteiger partial charge on any atom is -0.491 e. The van der Waals surface area contributed by atoms with Crippen LogP contribution in [0.2, 0.25) is 0 Å². The summed E-state index contributed by atoms with van der Waals surface area (Å²) in [5, 5.41) is 2.80. The Morgan fingerprint density at radius 1 is 0.903 bits per heavy atom. The van der Waals surface area contributed by atoms with Gasteiger partial charge in [0.2, 0.25) is 5.91 Å². The van der Waals surface area contributed by atoms with Gasteiger partial charge in [-0.1, -0.05) is 32.0 Å². The van der Waals surface area contributed by atoms with E-state index in [1.54, 1.807) is 0 Å². The van der Waals surface area contributed by atoms with Crippen LogP contribution in [0.4, 0.5) is 0 Å². The molecule has 0 aliphatic heterocycles. The lowest BCUT2D eigenvalue weighted by molar-refractivity contribution is -0.160. The Morgan fingerprint density at radius 3 is 2.10 bits per heavy atom. The number of rotatable bonds is 14. The molecule has 1 rings (SSSR count). The third kappa shape index (κ3) is 11.4. The van der Waals surface area contributed by atoms with Crippen molar-refractivity contribution in [3.05, 3.63) is 30.3 Å². The van der Waals surface area contributed by atoms with Gasteiger partial charge in [0.1, 0.15) is 30.6 Å². The molecule has 0 saturated heterocycles. The van der Waals surface area contributed by atoms with Crippen molar-refractivity contribution < 1.29 is 33.3 Å². The van der Waals surface area contributed by atoms with Crippen LogP contribution in [-0.4, -0.2) is 55.9 Å². The molecule has 0 radical (unpaired) electrons. The average Bonchev–Trinajstić information content (AvgIpc) is 2.69. The molecule has 174 valence electrons. The van der Waals surface area contributed by atoms with Crippen LogP contribution in [0, 0.1) is 5.92 Å². The Bertz CT molecular complexity index is 678. The predicted molar refractivity (Wildman–Crippen MR) is 116 cm³/mol. The standard InChI is InChI=1S/C23H35NO7/c1-16(2)23(31-19(5)27)22(24-17(3)25)21(30-18(4)26)12-9-13-28-14-15-29-20-10-7-6-8-11-20/h6-8,10-11,16,21-23H,9,12-15H2,1-5H3,(H,24,25). The van der Waals surface area contributed by atoms with Gasteiger partial charge in [-0.15, -0.1) is 0 Å². The van der Waals surface area contributed by atoms with E-state index in [1.165, 1.54) is 20.8 Å².